The molecular weight excluding hydrogens is 258 g/mol. The summed E-state index contributed by atoms with van der Waals surface area (Å²) >= 11 is 0. The van der Waals surface area contributed by atoms with Crippen molar-refractivity contribution >= 4 is 16.6 Å². The number of aryl methyl sites for hydroxylation is 1. The lowest BCUT2D eigenvalue weighted by Gasteiger charge is -2.37. The second-order valence-corrected chi connectivity index (χ2v) is 6.06. The zero-order chi connectivity index (χ0) is 14.2. The Kier molecular flexibility index (Phi) is 2.92. The number of hydrogen-bond donors (Lipinski definition) is 2. The smallest absolute Gasteiger partial charge is 0.0671 e. The van der Waals surface area contributed by atoms with Gasteiger partial charge in [-0.1, -0.05) is 35.9 Å². The monoisotopic (exact) mass is 277 g/mol. The van der Waals surface area contributed by atoms with E-state index in [-0.39, 0.29) is 0 Å². The molecule has 3 aromatic rings. The van der Waals surface area contributed by atoms with E-state index in [0.29, 0.717) is 12.0 Å². The number of anilines is 1. The fraction of sp³-hybridized carbons (Fsp3) is 0.278. The van der Waals surface area contributed by atoms with Gasteiger partial charge in [0.2, 0.25) is 0 Å². The summed E-state index contributed by atoms with van der Waals surface area (Å²) in [4.78, 5) is 0. The maximum atomic E-state index is 4.12. The lowest BCUT2D eigenvalue weighted by Crippen LogP contribution is -2.34. The zero-order valence-corrected chi connectivity index (χ0v) is 12.1. The third kappa shape index (κ3) is 2.29. The van der Waals surface area contributed by atoms with Crippen LogP contribution in [0.15, 0.2) is 48.7 Å². The van der Waals surface area contributed by atoms with Crippen molar-refractivity contribution in [3.63, 3.8) is 0 Å². The highest BCUT2D eigenvalue weighted by molar-refractivity contribution is 5.91. The van der Waals surface area contributed by atoms with Crippen LogP contribution >= 0.6 is 0 Å². The van der Waals surface area contributed by atoms with Crippen molar-refractivity contribution in [1.82, 2.24) is 10.2 Å². The van der Waals surface area contributed by atoms with Gasteiger partial charge in [-0.15, -0.1) is 0 Å². The van der Waals surface area contributed by atoms with Crippen molar-refractivity contribution in [3.8, 4) is 0 Å². The van der Waals surface area contributed by atoms with E-state index in [0.717, 1.165) is 5.52 Å². The molecule has 1 saturated carbocycles. The molecule has 0 spiro atoms. The van der Waals surface area contributed by atoms with E-state index in [1.807, 2.05) is 6.20 Å². The van der Waals surface area contributed by atoms with Gasteiger partial charge in [-0.25, -0.2) is 0 Å². The molecule has 1 fully saturated rings. The number of hydrogen-bond acceptors (Lipinski definition) is 2. The fourth-order valence-corrected chi connectivity index (χ4v) is 3.16. The van der Waals surface area contributed by atoms with Crippen molar-refractivity contribution in [2.45, 2.75) is 31.7 Å². The number of fused-ring (bicyclic) bond motifs is 1. The van der Waals surface area contributed by atoms with Gasteiger partial charge < -0.3 is 5.32 Å². The van der Waals surface area contributed by atoms with E-state index in [2.05, 4.69) is 64.9 Å². The summed E-state index contributed by atoms with van der Waals surface area (Å²) in [5, 5.41) is 12.0. The van der Waals surface area contributed by atoms with Gasteiger partial charge in [0, 0.05) is 17.1 Å². The largest absolute Gasteiger partial charge is 0.382 e. The molecule has 21 heavy (non-hydrogen) atoms. The maximum absolute atomic E-state index is 4.12. The molecule has 1 heterocycles. The summed E-state index contributed by atoms with van der Waals surface area (Å²) in [6, 6.07) is 15.8. The highest BCUT2D eigenvalue weighted by Crippen LogP contribution is 2.39. The number of rotatable bonds is 3. The third-order valence-corrected chi connectivity index (χ3v) is 4.53. The second kappa shape index (κ2) is 4.92. The predicted octanol–water partition coefficient (Wildman–Crippen LogP) is 4.23. The van der Waals surface area contributed by atoms with Crippen LogP contribution in [0.4, 0.5) is 5.69 Å². The third-order valence-electron chi connectivity index (χ3n) is 4.53. The lowest BCUT2D eigenvalue weighted by molar-refractivity contribution is 0.374. The summed E-state index contributed by atoms with van der Waals surface area (Å²) in [5.41, 5.74) is 5.09. The first-order valence-corrected chi connectivity index (χ1v) is 7.55. The zero-order valence-electron chi connectivity index (χ0n) is 12.1. The van der Waals surface area contributed by atoms with Crippen LogP contribution in [-0.2, 0) is 0 Å². The topological polar surface area (TPSA) is 40.7 Å². The Balaban J connectivity index is 1.44. The molecule has 2 N–H and O–H groups in total. The molecule has 3 nitrogen and oxygen atoms in total. The molecule has 0 aliphatic heterocycles. The Bertz CT molecular complexity index is 751. The van der Waals surface area contributed by atoms with Crippen LogP contribution < -0.4 is 5.32 Å². The van der Waals surface area contributed by atoms with Crippen LogP contribution in [0.3, 0.4) is 0 Å². The van der Waals surface area contributed by atoms with Gasteiger partial charge in [-0.3, -0.25) is 5.10 Å². The van der Waals surface area contributed by atoms with E-state index in [1.54, 1.807) is 0 Å². The van der Waals surface area contributed by atoms with Crippen LogP contribution in [0, 0.1) is 6.92 Å². The molecule has 1 aromatic heterocycles. The molecule has 0 bridgehead atoms. The van der Waals surface area contributed by atoms with Crippen molar-refractivity contribution < 1.29 is 0 Å². The minimum Gasteiger partial charge on any atom is -0.382 e. The Morgan fingerprint density at radius 2 is 1.90 bits per heavy atom. The summed E-state index contributed by atoms with van der Waals surface area (Å²) in [6.45, 7) is 2.14. The summed E-state index contributed by atoms with van der Waals surface area (Å²) in [5.74, 6) is 0.701. The number of benzene rings is 2. The molecular formula is C18H19N3. The van der Waals surface area contributed by atoms with Gasteiger partial charge >= 0.3 is 0 Å². The molecule has 3 heteroatoms. The summed E-state index contributed by atoms with van der Waals surface area (Å²) in [7, 11) is 0. The fourth-order valence-electron chi connectivity index (χ4n) is 3.16. The summed E-state index contributed by atoms with van der Waals surface area (Å²) in [6.07, 6.45) is 4.31. The first-order valence-electron chi connectivity index (χ1n) is 7.55. The predicted molar refractivity (Wildman–Crippen MR) is 86.7 cm³/mol. The summed E-state index contributed by atoms with van der Waals surface area (Å²) < 4.78 is 0. The Labute approximate surface area is 124 Å². The lowest BCUT2D eigenvalue weighted by atomic mass is 9.75. The molecule has 2 aromatic carbocycles. The van der Waals surface area contributed by atoms with Gasteiger partial charge in [0.15, 0.2) is 0 Å². The number of nitrogens with zero attached hydrogens (tertiary/aromatic N) is 1. The number of aromatic nitrogens is 2. The van der Waals surface area contributed by atoms with E-state index in [9.17, 15) is 0 Å². The van der Waals surface area contributed by atoms with Gasteiger partial charge in [0.1, 0.15) is 0 Å². The number of nitrogens with one attached hydrogen (secondary N) is 2. The number of aromatic amines is 1. The van der Waals surface area contributed by atoms with Gasteiger partial charge in [0.25, 0.3) is 0 Å². The molecule has 0 atom stereocenters. The van der Waals surface area contributed by atoms with Crippen molar-refractivity contribution in [3.05, 3.63) is 59.8 Å². The first kappa shape index (κ1) is 12.5. The van der Waals surface area contributed by atoms with Crippen LogP contribution in [0.5, 0.6) is 0 Å². The van der Waals surface area contributed by atoms with E-state index in [4.69, 9.17) is 0 Å². The van der Waals surface area contributed by atoms with E-state index in [1.165, 1.54) is 35.0 Å². The molecule has 0 radical (unpaired) electrons. The Hall–Kier alpha value is -2.29. The Morgan fingerprint density at radius 1 is 1.10 bits per heavy atom. The average Bonchev–Trinajstić information content (AvgIpc) is 2.93. The first-order chi connectivity index (χ1) is 10.3. The Morgan fingerprint density at radius 3 is 2.71 bits per heavy atom. The normalized spacial score (nSPS) is 21.2. The van der Waals surface area contributed by atoms with Crippen LogP contribution in [-0.4, -0.2) is 16.2 Å². The van der Waals surface area contributed by atoms with Crippen LogP contribution in [0.1, 0.15) is 29.9 Å². The minimum absolute atomic E-state index is 0.566. The van der Waals surface area contributed by atoms with Crippen molar-refractivity contribution in [2.24, 2.45) is 0 Å². The van der Waals surface area contributed by atoms with Gasteiger partial charge in [-0.2, -0.15) is 5.10 Å². The van der Waals surface area contributed by atoms with Crippen LogP contribution in [0.25, 0.3) is 10.9 Å². The highest BCUT2D eigenvalue weighted by atomic mass is 15.1. The molecule has 0 unspecified atom stereocenters. The molecule has 1 aliphatic carbocycles. The average molecular weight is 277 g/mol. The quantitative estimate of drug-likeness (QED) is 0.752. The van der Waals surface area contributed by atoms with Crippen molar-refractivity contribution in [2.75, 3.05) is 5.32 Å². The number of H-pyrrole nitrogens is 1. The molecule has 0 amide bonds. The van der Waals surface area contributed by atoms with E-state index < -0.39 is 0 Å². The van der Waals surface area contributed by atoms with E-state index >= 15 is 0 Å². The SMILES string of the molecule is Cc1ccc(C2CC(Nc3cccc4[nH]ncc34)C2)cc1. The van der Waals surface area contributed by atoms with Gasteiger partial charge in [0.05, 0.1) is 11.7 Å². The standard InChI is InChI=1S/C18H19N3/c1-12-5-7-13(8-6-12)14-9-15(10-14)20-17-3-2-4-18-16(17)11-19-21-18/h2-8,11,14-15,20H,9-10H2,1H3,(H,19,21). The second-order valence-electron chi connectivity index (χ2n) is 6.06. The van der Waals surface area contributed by atoms with Crippen molar-refractivity contribution in [1.29, 1.82) is 0 Å². The molecule has 1 aliphatic rings. The van der Waals surface area contributed by atoms with Crippen LogP contribution in [0.2, 0.25) is 0 Å². The molecule has 4 rings (SSSR count). The molecule has 0 saturated heterocycles. The molecule has 106 valence electrons. The minimum atomic E-state index is 0.566. The maximum Gasteiger partial charge on any atom is 0.0671 e. The van der Waals surface area contributed by atoms with Gasteiger partial charge in [-0.05, 0) is 43.4 Å². The highest BCUT2D eigenvalue weighted by Gasteiger charge is 2.30.